The second kappa shape index (κ2) is 9.92. The van der Waals surface area contributed by atoms with Gasteiger partial charge in [0.2, 0.25) is 11.8 Å². The molecule has 0 amide bonds. The first kappa shape index (κ1) is 23.1. The van der Waals surface area contributed by atoms with Crippen molar-refractivity contribution in [3.05, 3.63) is 51.0 Å². The van der Waals surface area contributed by atoms with Gasteiger partial charge in [0.1, 0.15) is 10.6 Å². The van der Waals surface area contributed by atoms with Crippen LogP contribution >= 0.6 is 23.1 Å². The number of thioether (sulfide) groups is 1. The molecule has 0 N–H and O–H groups in total. The van der Waals surface area contributed by atoms with E-state index in [0.29, 0.717) is 22.7 Å². The highest BCUT2D eigenvalue weighted by molar-refractivity contribution is 7.98. The maximum absolute atomic E-state index is 13.7. The van der Waals surface area contributed by atoms with Crippen LogP contribution in [0.25, 0.3) is 21.7 Å². The van der Waals surface area contributed by atoms with Crippen molar-refractivity contribution in [2.45, 2.75) is 69.3 Å². The third-order valence-electron chi connectivity index (χ3n) is 6.40. The number of hydrogen-bond acceptors (Lipinski definition) is 8. The average molecular weight is 497 g/mol. The molecule has 0 aliphatic heterocycles. The summed E-state index contributed by atoms with van der Waals surface area (Å²) in [4.78, 5) is 20.9. The van der Waals surface area contributed by atoms with Crippen molar-refractivity contribution in [2.75, 3.05) is 7.11 Å². The van der Waals surface area contributed by atoms with Crippen LogP contribution in [-0.4, -0.2) is 26.9 Å². The maximum Gasteiger partial charge on any atom is 0.263 e. The van der Waals surface area contributed by atoms with Gasteiger partial charge in [0.25, 0.3) is 5.56 Å². The SMILES string of the molecule is CCC(C)n1c(SCc2nnc(-c3ccc(OC)cc3)o2)nc2sc3c(c2c1=O)CCCCC3. The highest BCUT2D eigenvalue weighted by Crippen LogP contribution is 2.35. The van der Waals surface area contributed by atoms with Crippen LogP contribution in [0.1, 0.15) is 61.9 Å². The van der Waals surface area contributed by atoms with Gasteiger partial charge in [-0.15, -0.1) is 21.5 Å². The molecule has 1 aliphatic carbocycles. The van der Waals surface area contributed by atoms with Crippen LogP contribution in [0.3, 0.4) is 0 Å². The molecule has 0 saturated carbocycles. The molecule has 0 spiro atoms. The van der Waals surface area contributed by atoms with Crippen LogP contribution in [0.15, 0.2) is 38.6 Å². The van der Waals surface area contributed by atoms with Gasteiger partial charge in [-0.3, -0.25) is 9.36 Å². The molecule has 34 heavy (non-hydrogen) atoms. The molecule has 3 heterocycles. The summed E-state index contributed by atoms with van der Waals surface area (Å²) in [6.45, 7) is 4.18. The molecule has 0 bridgehead atoms. The van der Waals surface area contributed by atoms with Crippen molar-refractivity contribution in [2.24, 2.45) is 0 Å². The monoisotopic (exact) mass is 496 g/mol. The molecule has 9 heteroatoms. The Hall–Kier alpha value is -2.65. The summed E-state index contributed by atoms with van der Waals surface area (Å²) in [5.74, 6) is 2.18. The highest BCUT2D eigenvalue weighted by atomic mass is 32.2. The molecule has 4 aromatic rings. The van der Waals surface area contributed by atoms with Gasteiger partial charge in [-0.1, -0.05) is 25.1 Å². The lowest BCUT2D eigenvalue weighted by Gasteiger charge is -2.17. The van der Waals surface area contributed by atoms with Crippen LogP contribution in [0.5, 0.6) is 5.75 Å². The molecule has 1 unspecified atom stereocenters. The van der Waals surface area contributed by atoms with Gasteiger partial charge in [-0.2, -0.15) is 0 Å². The predicted molar refractivity (Wildman–Crippen MR) is 136 cm³/mol. The maximum atomic E-state index is 13.7. The van der Waals surface area contributed by atoms with E-state index in [9.17, 15) is 4.79 Å². The number of nitrogens with zero attached hydrogens (tertiary/aromatic N) is 4. The van der Waals surface area contributed by atoms with Crippen LogP contribution in [0.2, 0.25) is 0 Å². The zero-order chi connectivity index (χ0) is 23.7. The summed E-state index contributed by atoms with van der Waals surface area (Å²) in [5.41, 5.74) is 2.16. The summed E-state index contributed by atoms with van der Waals surface area (Å²) in [6.07, 6.45) is 6.45. The first-order valence-corrected chi connectivity index (χ1v) is 13.6. The van der Waals surface area contributed by atoms with Gasteiger partial charge in [-0.05, 0) is 68.9 Å². The number of ether oxygens (including phenoxy) is 1. The number of fused-ring (bicyclic) bond motifs is 3. The summed E-state index contributed by atoms with van der Waals surface area (Å²) in [7, 11) is 1.63. The number of benzene rings is 1. The van der Waals surface area contributed by atoms with Crippen molar-refractivity contribution in [1.82, 2.24) is 19.7 Å². The second-order valence-electron chi connectivity index (χ2n) is 8.59. The Labute approximate surface area is 206 Å². The molecule has 1 aliphatic rings. The van der Waals surface area contributed by atoms with Crippen molar-refractivity contribution in [1.29, 1.82) is 0 Å². The molecular formula is C25H28N4O3S2. The lowest BCUT2D eigenvalue weighted by atomic mass is 10.1. The fourth-order valence-corrected chi connectivity index (χ4v) is 6.57. The fraction of sp³-hybridized carbons (Fsp3) is 0.440. The van der Waals surface area contributed by atoms with Crippen LogP contribution in [-0.2, 0) is 18.6 Å². The van der Waals surface area contributed by atoms with E-state index in [0.717, 1.165) is 47.2 Å². The first-order chi connectivity index (χ1) is 16.6. The molecule has 5 rings (SSSR count). The lowest BCUT2D eigenvalue weighted by molar-refractivity contribution is 0.415. The van der Waals surface area contributed by atoms with E-state index >= 15 is 0 Å². The fourth-order valence-electron chi connectivity index (χ4n) is 4.34. The quantitative estimate of drug-likeness (QED) is 0.175. The number of hydrogen-bond donors (Lipinski definition) is 0. The zero-order valence-corrected chi connectivity index (χ0v) is 21.3. The number of rotatable bonds is 7. The van der Waals surface area contributed by atoms with E-state index in [2.05, 4.69) is 24.0 Å². The van der Waals surface area contributed by atoms with E-state index < -0.39 is 0 Å². The Morgan fingerprint density at radius 2 is 1.97 bits per heavy atom. The minimum Gasteiger partial charge on any atom is -0.497 e. The summed E-state index contributed by atoms with van der Waals surface area (Å²) < 4.78 is 13.0. The minimum atomic E-state index is 0.0609. The third-order valence-corrected chi connectivity index (χ3v) is 8.52. The summed E-state index contributed by atoms with van der Waals surface area (Å²) in [5, 5.41) is 9.96. The standard InChI is InChI=1S/C25H28N4O3S2/c1-4-15(2)29-24(30)21-18-8-6-5-7-9-19(18)34-23(21)26-25(29)33-14-20-27-28-22(32-20)16-10-12-17(31-3)13-11-16/h10-13,15H,4-9,14H2,1-3H3. The Morgan fingerprint density at radius 1 is 1.18 bits per heavy atom. The van der Waals surface area contributed by atoms with Crippen LogP contribution < -0.4 is 10.3 Å². The number of aryl methyl sites for hydroxylation is 2. The molecule has 178 valence electrons. The number of thiophene rings is 1. The van der Waals surface area contributed by atoms with Gasteiger partial charge in [0, 0.05) is 16.5 Å². The van der Waals surface area contributed by atoms with E-state index in [1.807, 2.05) is 28.8 Å². The minimum absolute atomic E-state index is 0.0609. The van der Waals surface area contributed by atoms with Gasteiger partial charge >= 0.3 is 0 Å². The van der Waals surface area contributed by atoms with Gasteiger partial charge < -0.3 is 9.15 Å². The second-order valence-corrected chi connectivity index (χ2v) is 10.6. The van der Waals surface area contributed by atoms with Crippen molar-refractivity contribution in [3.63, 3.8) is 0 Å². The van der Waals surface area contributed by atoms with Crippen molar-refractivity contribution < 1.29 is 9.15 Å². The molecule has 1 atom stereocenters. The van der Waals surface area contributed by atoms with E-state index in [1.165, 1.54) is 35.0 Å². The zero-order valence-electron chi connectivity index (χ0n) is 19.7. The molecule has 7 nitrogen and oxygen atoms in total. The summed E-state index contributed by atoms with van der Waals surface area (Å²) >= 11 is 3.18. The van der Waals surface area contributed by atoms with E-state index in [1.54, 1.807) is 18.4 Å². The van der Waals surface area contributed by atoms with Gasteiger partial charge in [0.15, 0.2) is 5.16 Å². The van der Waals surface area contributed by atoms with Gasteiger partial charge in [-0.25, -0.2) is 4.98 Å². The number of methoxy groups -OCH3 is 1. The smallest absolute Gasteiger partial charge is 0.263 e. The number of aromatic nitrogens is 4. The van der Waals surface area contributed by atoms with Crippen molar-refractivity contribution in [3.8, 4) is 17.2 Å². The molecular weight excluding hydrogens is 468 g/mol. The Balaban J connectivity index is 1.45. The lowest BCUT2D eigenvalue weighted by Crippen LogP contribution is -2.26. The Bertz CT molecular complexity index is 1360. The molecule has 3 aromatic heterocycles. The van der Waals surface area contributed by atoms with Crippen LogP contribution in [0, 0.1) is 0 Å². The van der Waals surface area contributed by atoms with Crippen molar-refractivity contribution >= 4 is 33.3 Å². The van der Waals surface area contributed by atoms with E-state index in [-0.39, 0.29) is 11.6 Å². The highest BCUT2D eigenvalue weighted by Gasteiger charge is 2.23. The first-order valence-electron chi connectivity index (χ1n) is 11.8. The third kappa shape index (κ3) is 4.38. The molecule has 0 saturated heterocycles. The molecule has 1 aromatic carbocycles. The van der Waals surface area contributed by atoms with Crippen LogP contribution in [0.4, 0.5) is 0 Å². The normalized spacial score (nSPS) is 14.7. The largest absolute Gasteiger partial charge is 0.497 e. The Morgan fingerprint density at radius 3 is 2.74 bits per heavy atom. The van der Waals surface area contributed by atoms with E-state index in [4.69, 9.17) is 14.1 Å². The Kier molecular flexibility index (Phi) is 6.74. The van der Waals surface area contributed by atoms with Gasteiger partial charge in [0.05, 0.1) is 18.2 Å². The molecule has 0 fully saturated rings. The topological polar surface area (TPSA) is 83.0 Å². The molecule has 0 radical (unpaired) electrons. The predicted octanol–water partition coefficient (Wildman–Crippen LogP) is 6.05. The average Bonchev–Trinajstić information content (AvgIpc) is 3.40. The summed E-state index contributed by atoms with van der Waals surface area (Å²) in [6, 6.07) is 7.56.